The molecule has 3 nitrogen and oxygen atoms in total. The van der Waals surface area contributed by atoms with E-state index >= 15 is 0 Å². The summed E-state index contributed by atoms with van der Waals surface area (Å²) in [4.78, 5) is 4.14. The molecule has 1 fully saturated rings. The first-order valence-electron chi connectivity index (χ1n) is 5.27. The number of hydrogen-bond donors (Lipinski definition) is 1. The number of anilines is 1. The van der Waals surface area contributed by atoms with E-state index in [1.54, 1.807) is 0 Å². The zero-order valence-electron chi connectivity index (χ0n) is 8.90. The van der Waals surface area contributed by atoms with E-state index in [1.165, 1.54) is 5.56 Å². The van der Waals surface area contributed by atoms with E-state index in [4.69, 9.17) is 0 Å². The van der Waals surface area contributed by atoms with Gasteiger partial charge in [0, 0.05) is 40.7 Å². The van der Waals surface area contributed by atoms with Crippen LogP contribution < -0.4 is 5.32 Å². The summed E-state index contributed by atoms with van der Waals surface area (Å²) in [6, 6.07) is 2.56. The molecule has 0 spiro atoms. The smallest absolute Gasteiger partial charge is 0.0531 e. The largest absolute Gasteiger partial charge is 0.381 e. The maximum absolute atomic E-state index is 11.2. The topological polar surface area (TPSA) is 42.0 Å². The molecule has 1 saturated heterocycles. The number of hydrogen-bond acceptors (Lipinski definition) is 3. The Kier molecular flexibility index (Phi) is 3.36. The molecule has 0 unspecified atom stereocenters. The van der Waals surface area contributed by atoms with Crippen LogP contribution >= 0.6 is 0 Å². The van der Waals surface area contributed by atoms with Crippen LogP contribution in [-0.2, 0) is 10.8 Å². The normalized spacial score (nSPS) is 26.2. The molecule has 0 atom stereocenters. The van der Waals surface area contributed by atoms with Crippen molar-refractivity contribution in [3.8, 4) is 0 Å². The molecule has 0 saturated carbocycles. The highest BCUT2D eigenvalue weighted by atomic mass is 32.2. The molecule has 2 rings (SSSR count). The molecule has 1 aliphatic rings. The third-order valence-electron chi connectivity index (χ3n) is 2.63. The fourth-order valence-corrected chi connectivity index (χ4v) is 3.11. The van der Waals surface area contributed by atoms with E-state index in [1.807, 2.05) is 19.3 Å². The van der Waals surface area contributed by atoms with Crippen LogP contribution in [0, 0.1) is 6.92 Å². The van der Waals surface area contributed by atoms with Crippen LogP contribution in [0.3, 0.4) is 0 Å². The van der Waals surface area contributed by atoms with Gasteiger partial charge in [0.05, 0.1) is 5.69 Å². The van der Waals surface area contributed by atoms with Crippen LogP contribution in [0.15, 0.2) is 18.5 Å². The first-order valence-corrected chi connectivity index (χ1v) is 6.76. The van der Waals surface area contributed by atoms with Gasteiger partial charge in [-0.1, -0.05) is 0 Å². The minimum Gasteiger partial charge on any atom is -0.381 e. The lowest BCUT2D eigenvalue weighted by Gasteiger charge is -2.23. The highest BCUT2D eigenvalue weighted by Gasteiger charge is 2.17. The number of rotatable bonds is 2. The number of aryl methyl sites for hydroxylation is 1. The van der Waals surface area contributed by atoms with Crippen molar-refractivity contribution in [3.05, 3.63) is 24.0 Å². The summed E-state index contributed by atoms with van der Waals surface area (Å²) in [6.07, 6.45) is 5.70. The molecule has 0 bridgehead atoms. The van der Waals surface area contributed by atoms with Gasteiger partial charge in [0.25, 0.3) is 0 Å². The molecule has 2 heterocycles. The highest BCUT2D eigenvalue weighted by Crippen LogP contribution is 2.16. The van der Waals surface area contributed by atoms with Crippen molar-refractivity contribution < 1.29 is 4.21 Å². The second kappa shape index (κ2) is 4.75. The predicted molar refractivity (Wildman–Crippen MR) is 63.5 cm³/mol. The molecule has 1 aromatic heterocycles. The van der Waals surface area contributed by atoms with Crippen LogP contribution in [0.4, 0.5) is 5.69 Å². The number of nitrogens with zero attached hydrogens (tertiary/aromatic N) is 1. The second-order valence-corrected chi connectivity index (χ2v) is 5.71. The van der Waals surface area contributed by atoms with Gasteiger partial charge < -0.3 is 5.32 Å². The van der Waals surface area contributed by atoms with E-state index in [0.717, 1.165) is 30.0 Å². The minimum absolute atomic E-state index is 0.464. The Bertz CT molecular complexity index is 357. The lowest BCUT2D eigenvalue weighted by atomic mass is 10.1. The molecule has 0 amide bonds. The van der Waals surface area contributed by atoms with Gasteiger partial charge >= 0.3 is 0 Å². The Balaban J connectivity index is 1.94. The Morgan fingerprint density at radius 1 is 1.40 bits per heavy atom. The zero-order valence-corrected chi connectivity index (χ0v) is 9.72. The summed E-state index contributed by atoms with van der Waals surface area (Å²) in [6.45, 7) is 2.04. The fraction of sp³-hybridized carbons (Fsp3) is 0.545. The van der Waals surface area contributed by atoms with Gasteiger partial charge in [0.15, 0.2) is 0 Å². The van der Waals surface area contributed by atoms with Crippen molar-refractivity contribution in [2.45, 2.75) is 25.8 Å². The highest BCUT2D eigenvalue weighted by molar-refractivity contribution is 7.85. The quantitative estimate of drug-likeness (QED) is 0.831. The summed E-state index contributed by atoms with van der Waals surface area (Å²) in [5.74, 6) is 1.66. The fourth-order valence-electron chi connectivity index (χ4n) is 1.81. The average Bonchev–Trinajstić information content (AvgIpc) is 2.22. The molecule has 1 N–H and O–H groups in total. The van der Waals surface area contributed by atoms with E-state index < -0.39 is 10.8 Å². The summed E-state index contributed by atoms with van der Waals surface area (Å²) in [5.41, 5.74) is 2.24. The Hall–Kier alpha value is -0.900. The summed E-state index contributed by atoms with van der Waals surface area (Å²) in [7, 11) is -0.579. The molecular formula is C11H16N2OS. The SMILES string of the molecule is Cc1cncc(NC2CCS(=O)CC2)c1. The lowest BCUT2D eigenvalue weighted by Crippen LogP contribution is -2.29. The predicted octanol–water partition coefficient (Wildman–Crippen LogP) is 1.71. The molecule has 0 radical (unpaired) electrons. The van der Waals surface area contributed by atoms with E-state index in [2.05, 4.69) is 16.4 Å². The van der Waals surface area contributed by atoms with Gasteiger partial charge in [-0.15, -0.1) is 0 Å². The van der Waals surface area contributed by atoms with Crippen molar-refractivity contribution in [2.75, 3.05) is 16.8 Å². The van der Waals surface area contributed by atoms with Crippen molar-refractivity contribution in [2.24, 2.45) is 0 Å². The molecule has 1 aromatic rings. The first kappa shape index (κ1) is 10.6. The Labute approximate surface area is 92.8 Å². The van der Waals surface area contributed by atoms with Crippen molar-refractivity contribution in [1.82, 2.24) is 4.98 Å². The van der Waals surface area contributed by atoms with Gasteiger partial charge in [-0.2, -0.15) is 0 Å². The standard InChI is InChI=1S/C11H16N2OS/c1-9-6-11(8-12-7-9)13-10-2-4-15(14)5-3-10/h6-8,10,13H,2-5H2,1H3. The number of nitrogens with one attached hydrogen (secondary N) is 1. The number of pyridine rings is 1. The van der Waals surface area contributed by atoms with E-state index in [9.17, 15) is 4.21 Å². The van der Waals surface area contributed by atoms with Gasteiger partial charge in [0.2, 0.25) is 0 Å². The first-order chi connectivity index (χ1) is 7.24. The van der Waals surface area contributed by atoms with Crippen molar-refractivity contribution >= 4 is 16.5 Å². The van der Waals surface area contributed by atoms with Crippen LogP contribution in [-0.4, -0.2) is 26.7 Å². The van der Waals surface area contributed by atoms with Crippen LogP contribution in [0.5, 0.6) is 0 Å². The molecule has 82 valence electrons. The zero-order chi connectivity index (χ0) is 10.7. The Morgan fingerprint density at radius 2 is 2.13 bits per heavy atom. The average molecular weight is 224 g/mol. The van der Waals surface area contributed by atoms with E-state index in [0.29, 0.717) is 6.04 Å². The van der Waals surface area contributed by atoms with Crippen LogP contribution in [0.2, 0.25) is 0 Å². The monoisotopic (exact) mass is 224 g/mol. The lowest BCUT2D eigenvalue weighted by molar-refractivity contribution is 0.624. The molecule has 4 heteroatoms. The van der Waals surface area contributed by atoms with Crippen molar-refractivity contribution in [3.63, 3.8) is 0 Å². The molecule has 0 aliphatic carbocycles. The molecule has 15 heavy (non-hydrogen) atoms. The summed E-state index contributed by atoms with van der Waals surface area (Å²) >= 11 is 0. The van der Waals surface area contributed by atoms with Gasteiger partial charge in [-0.05, 0) is 31.4 Å². The maximum atomic E-state index is 11.2. The Morgan fingerprint density at radius 3 is 2.80 bits per heavy atom. The molecular weight excluding hydrogens is 208 g/mol. The minimum atomic E-state index is -0.579. The third kappa shape index (κ3) is 3.02. The van der Waals surface area contributed by atoms with Gasteiger partial charge in [-0.3, -0.25) is 9.19 Å². The van der Waals surface area contributed by atoms with Crippen molar-refractivity contribution in [1.29, 1.82) is 0 Å². The van der Waals surface area contributed by atoms with E-state index in [-0.39, 0.29) is 0 Å². The number of aromatic nitrogens is 1. The summed E-state index contributed by atoms with van der Waals surface area (Å²) in [5, 5.41) is 3.45. The van der Waals surface area contributed by atoms with Gasteiger partial charge in [-0.25, -0.2) is 0 Å². The van der Waals surface area contributed by atoms with Crippen LogP contribution in [0.25, 0.3) is 0 Å². The molecule has 0 aromatic carbocycles. The maximum Gasteiger partial charge on any atom is 0.0531 e. The molecule has 1 aliphatic heterocycles. The summed E-state index contributed by atoms with van der Waals surface area (Å²) < 4.78 is 11.2. The second-order valence-electron chi connectivity index (χ2n) is 4.02. The van der Waals surface area contributed by atoms with Gasteiger partial charge in [0.1, 0.15) is 0 Å². The third-order valence-corrected chi connectivity index (χ3v) is 4.02. The van der Waals surface area contributed by atoms with Crippen LogP contribution in [0.1, 0.15) is 18.4 Å².